The summed E-state index contributed by atoms with van der Waals surface area (Å²) in [5.41, 5.74) is 3.79. The third-order valence-electron chi connectivity index (χ3n) is 5.24. The van der Waals surface area contributed by atoms with Crippen LogP contribution in [0.2, 0.25) is 0 Å². The van der Waals surface area contributed by atoms with E-state index in [4.69, 9.17) is 0 Å². The van der Waals surface area contributed by atoms with Crippen LogP contribution in [-0.4, -0.2) is 23.6 Å². The van der Waals surface area contributed by atoms with Gasteiger partial charge in [-0.15, -0.1) is 0 Å². The molecule has 0 bridgehead atoms. The number of hydrogen-bond acceptors (Lipinski definition) is 4. The van der Waals surface area contributed by atoms with Gasteiger partial charge >= 0.3 is 5.97 Å². The van der Waals surface area contributed by atoms with Gasteiger partial charge in [0.1, 0.15) is 11.6 Å². The van der Waals surface area contributed by atoms with Crippen molar-refractivity contribution in [3.63, 3.8) is 0 Å². The van der Waals surface area contributed by atoms with Gasteiger partial charge in [-0.1, -0.05) is 48.5 Å². The first-order valence-electron chi connectivity index (χ1n) is 10.3. The summed E-state index contributed by atoms with van der Waals surface area (Å²) in [5, 5.41) is 13.3. The molecule has 0 fully saturated rings. The average Bonchev–Trinajstić information content (AvgIpc) is 3.20. The van der Waals surface area contributed by atoms with Crippen LogP contribution < -0.4 is 5.32 Å². The van der Waals surface area contributed by atoms with E-state index in [2.05, 4.69) is 26.8 Å². The molecule has 0 aliphatic heterocycles. The van der Waals surface area contributed by atoms with Gasteiger partial charge in [0, 0.05) is 34.9 Å². The maximum atomic E-state index is 12.8. The molecular formula is C27H21N3O3. The van der Waals surface area contributed by atoms with Crippen molar-refractivity contribution in [1.82, 2.24) is 4.57 Å². The van der Waals surface area contributed by atoms with Crippen LogP contribution in [0.4, 0.5) is 5.69 Å². The van der Waals surface area contributed by atoms with Crippen LogP contribution in [0.15, 0.2) is 90.6 Å². The number of fused-ring (bicyclic) bond motifs is 1. The normalized spacial score (nSPS) is 11.1. The summed E-state index contributed by atoms with van der Waals surface area (Å²) in [6, 6.07) is 26.3. The summed E-state index contributed by atoms with van der Waals surface area (Å²) in [4.78, 5) is 24.3. The summed E-state index contributed by atoms with van der Waals surface area (Å²) in [6.07, 6.45) is 3.55. The van der Waals surface area contributed by atoms with Crippen LogP contribution in [0.1, 0.15) is 21.5 Å². The maximum Gasteiger partial charge on any atom is 0.337 e. The number of carbonyl (C=O) groups excluding carboxylic acids is 2. The van der Waals surface area contributed by atoms with Gasteiger partial charge in [0.2, 0.25) is 0 Å². The van der Waals surface area contributed by atoms with Gasteiger partial charge in [0.15, 0.2) is 0 Å². The van der Waals surface area contributed by atoms with E-state index in [0.29, 0.717) is 17.8 Å². The number of nitriles is 1. The van der Waals surface area contributed by atoms with Gasteiger partial charge in [-0.05, 0) is 42.0 Å². The molecule has 1 N–H and O–H groups in total. The third kappa shape index (κ3) is 4.83. The molecule has 1 heterocycles. The Balaban J connectivity index is 1.61. The molecule has 0 spiro atoms. The molecule has 33 heavy (non-hydrogen) atoms. The number of rotatable bonds is 6. The molecule has 0 aliphatic rings. The van der Waals surface area contributed by atoms with Crippen LogP contribution in [0, 0.1) is 11.3 Å². The fourth-order valence-corrected chi connectivity index (χ4v) is 3.61. The molecule has 3 aromatic carbocycles. The first-order valence-corrected chi connectivity index (χ1v) is 10.3. The van der Waals surface area contributed by atoms with E-state index >= 15 is 0 Å². The van der Waals surface area contributed by atoms with Crippen molar-refractivity contribution in [2.75, 3.05) is 12.4 Å². The van der Waals surface area contributed by atoms with Gasteiger partial charge in [0.25, 0.3) is 5.91 Å². The average molecular weight is 435 g/mol. The number of carbonyl (C=O) groups is 2. The molecule has 0 unspecified atom stereocenters. The van der Waals surface area contributed by atoms with Crippen LogP contribution in [0.5, 0.6) is 0 Å². The summed E-state index contributed by atoms with van der Waals surface area (Å²) in [5.74, 6) is -0.986. The number of ether oxygens (including phenoxy) is 1. The lowest BCUT2D eigenvalue weighted by atomic mass is 10.1. The number of esters is 1. The van der Waals surface area contributed by atoms with Crippen molar-refractivity contribution in [2.45, 2.75) is 6.54 Å². The summed E-state index contributed by atoms with van der Waals surface area (Å²) in [7, 11) is 1.30. The zero-order valence-electron chi connectivity index (χ0n) is 18.0. The topological polar surface area (TPSA) is 84.1 Å². The number of benzene rings is 3. The summed E-state index contributed by atoms with van der Waals surface area (Å²) < 4.78 is 6.78. The highest BCUT2D eigenvalue weighted by Gasteiger charge is 2.13. The van der Waals surface area contributed by atoms with Crippen LogP contribution in [0.25, 0.3) is 17.0 Å². The van der Waals surface area contributed by atoms with Gasteiger partial charge in [0.05, 0.1) is 12.7 Å². The Kier molecular flexibility index (Phi) is 6.33. The van der Waals surface area contributed by atoms with Crippen molar-refractivity contribution in [3.05, 3.63) is 107 Å². The number of hydrogen-bond donors (Lipinski definition) is 1. The van der Waals surface area contributed by atoms with Gasteiger partial charge in [-0.2, -0.15) is 5.26 Å². The third-order valence-corrected chi connectivity index (χ3v) is 5.24. The molecule has 0 aliphatic carbocycles. The number of aromatic nitrogens is 1. The smallest absolute Gasteiger partial charge is 0.337 e. The minimum absolute atomic E-state index is 0.0188. The summed E-state index contributed by atoms with van der Waals surface area (Å²) in [6.45, 7) is 0.676. The minimum Gasteiger partial charge on any atom is -0.465 e. The van der Waals surface area contributed by atoms with Crippen molar-refractivity contribution < 1.29 is 14.3 Å². The van der Waals surface area contributed by atoms with E-state index in [-0.39, 0.29) is 5.57 Å². The molecule has 1 aromatic heterocycles. The van der Waals surface area contributed by atoms with Crippen molar-refractivity contribution in [1.29, 1.82) is 5.26 Å². The molecule has 162 valence electrons. The standard InChI is InChI=1S/C27H21N3O3/c1-33-27(32)20-11-13-23(14-12-20)29-26(31)21(16-28)15-22-18-30(17-19-7-3-2-4-8-19)25-10-6-5-9-24(22)25/h2-15,18H,17H2,1H3,(H,29,31)/b21-15+. The van der Waals surface area contributed by atoms with E-state index in [1.54, 1.807) is 30.3 Å². The molecular weight excluding hydrogens is 414 g/mol. The zero-order chi connectivity index (χ0) is 23.2. The lowest BCUT2D eigenvalue weighted by Crippen LogP contribution is -2.13. The number of amides is 1. The van der Waals surface area contributed by atoms with E-state index in [1.165, 1.54) is 7.11 Å². The van der Waals surface area contributed by atoms with Crippen LogP contribution in [0.3, 0.4) is 0 Å². The molecule has 4 rings (SSSR count). The van der Waals surface area contributed by atoms with Crippen molar-refractivity contribution in [3.8, 4) is 6.07 Å². The van der Waals surface area contributed by atoms with Gasteiger partial charge in [-0.25, -0.2) is 4.79 Å². The fourth-order valence-electron chi connectivity index (χ4n) is 3.61. The lowest BCUT2D eigenvalue weighted by molar-refractivity contribution is -0.112. The predicted molar refractivity (Wildman–Crippen MR) is 127 cm³/mol. The van der Waals surface area contributed by atoms with Crippen molar-refractivity contribution >= 4 is 34.5 Å². The first kappa shape index (κ1) is 21.6. The Bertz CT molecular complexity index is 1380. The van der Waals surface area contributed by atoms with E-state index < -0.39 is 11.9 Å². The van der Waals surface area contributed by atoms with E-state index in [9.17, 15) is 14.9 Å². The Morgan fingerprint density at radius 2 is 1.70 bits per heavy atom. The highest BCUT2D eigenvalue weighted by molar-refractivity contribution is 6.11. The summed E-state index contributed by atoms with van der Waals surface area (Å²) >= 11 is 0. The number of nitrogens with zero attached hydrogens (tertiary/aromatic N) is 2. The second-order valence-corrected chi connectivity index (χ2v) is 7.41. The second-order valence-electron chi connectivity index (χ2n) is 7.41. The molecule has 6 heteroatoms. The highest BCUT2D eigenvalue weighted by Crippen LogP contribution is 2.25. The number of methoxy groups -OCH3 is 1. The Hall–Kier alpha value is -4.63. The molecule has 0 saturated carbocycles. The van der Waals surface area contributed by atoms with E-state index in [0.717, 1.165) is 22.0 Å². The number of nitrogens with one attached hydrogen (secondary N) is 1. The van der Waals surface area contributed by atoms with Crippen LogP contribution in [-0.2, 0) is 16.1 Å². The highest BCUT2D eigenvalue weighted by atomic mass is 16.5. The molecule has 1 amide bonds. The number of para-hydroxylation sites is 1. The minimum atomic E-state index is -0.525. The fraction of sp³-hybridized carbons (Fsp3) is 0.0741. The molecule has 0 saturated heterocycles. The zero-order valence-corrected chi connectivity index (χ0v) is 18.0. The Labute approximate surface area is 191 Å². The molecule has 0 radical (unpaired) electrons. The largest absolute Gasteiger partial charge is 0.465 e. The van der Waals surface area contributed by atoms with E-state index in [1.807, 2.05) is 54.7 Å². The van der Waals surface area contributed by atoms with Gasteiger partial charge in [-0.3, -0.25) is 4.79 Å². The molecule has 4 aromatic rings. The quantitative estimate of drug-likeness (QED) is 0.262. The second kappa shape index (κ2) is 9.67. The molecule has 6 nitrogen and oxygen atoms in total. The van der Waals surface area contributed by atoms with Gasteiger partial charge < -0.3 is 14.6 Å². The lowest BCUT2D eigenvalue weighted by Gasteiger charge is -2.05. The maximum absolute atomic E-state index is 12.8. The Morgan fingerprint density at radius 3 is 2.39 bits per heavy atom. The van der Waals surface area contributed by atoms with Crippen molar-refractivity contribution in [2.24, 2.45) is 0 Å². The molecule has 0 atom stereocenters. The first-order chi connectivity index (χ1) is 16.1. The number of anilines is 1. The SMILES string of the molecule is COC(=O)c1ccc(NC(=O)/C(C#N)=C/c2cn(Cc3ccccc3)c3ccccc23)cc1. The van der Waals surface area contributed by atoms with Crippen LogP contribution >= 0.6 is 0 Å². The monoisotopic (exact) mass is 435 g/mol. The predicted octanol–water partition coefficient (Wildman–Crippen LogP) is 5.02. The Morgan fingerprint density at radius 1 is 1.00 bits per heavy atom.